The predicted octanol–water partition coefficient (Wildman–Crippen LogP) is 4.07. The fourth-order valence-electron chi connectivity index (χ4n) is 3.84. The lowest BCUT2D eigenvalue weighted by molar-refractivity contribution is -0.140. The first kappa shape index (κ1) is 20.8. The van der Waals surface area contributed by atoms with E-state index in [4.69, 9.17) is 4.74 Å². The Kier molecular flexibility index (Phi) is 6.18. The van der Waals surface area contributed by atoms with E-state index < -0.39 is 17.7 Å². The average molecular weight is 393 g/mol. The summed E-state index contributed by atoms with van der Waals surface area (Å²) >= 11 is 0. The topological polar surface area (TPSA) is 66.8 Å². The van der Waals surface area contributed by atoms with Gasteiger partial charge >= 0.3 is 0 Å². The molecule has 1 amide bonds. The lowest BCUT2D eigenvalue weighted by Crippen LogP contribution is -2.31. The van der Waals surface area contributed by atoms with Crippen molar-refractivity contribution in [1.29, 1.82) is 0 Å². The normalized spacial score (nSPS) is 18.5. The molecule has 1 heterocycles. The smallest absolute Gasteiger partial charge is 0.295 e. The number of rotatable bonds is 6. The molecule has 2 aromatic rings. The number of amides is 1. The average Bonchev–Trinajstić information content (AvgIpc) is 2.94. The molecule has 0 radical (unpaired) electrons. The molecule has 29 heavy (non-hydrogen) atoms. The van der Waals surface area contributed by atoms with Crippen molar-refractivity contribution in [3.05, 3.63) is 75.9 Å². The Morgan fingerprint density at radius 3 is 2.48 bits per heavy atom. The summed E-state index contributed by atoms with van der Waals surface area (Å²) in [4.78, 5) is 27.5. The van der Waals surface area contributed by atoms with E-state index in [-0.39, 0.29) is 11.3 Å². The Balaban J connectivity index is 2.19. The van der Waals surface area contributed by atoms with Gasteiger partial charge in [0.05, 0.1) is 11.6 Å². The highest BCUT2D eigenvalue weighted by Crippen LogP contribution is 2.41. The summed E-state index contributed by atoms with van der Waals surface area (Å²) in [7, 11) is 1.60. The number of benzene rings is 2. The summed E-state index contributed by atoms with van der Waals surface area (Å²) in [5, 5.41) is 11.2. The number of aliphatic hydroxyl groups is 1. The summed E-state index contributed by atoms with van der Waals surface area (Å²) < 4.78 is 5.12. The Morgan fingerprint density at radius 1 is 1.07 bits per heavy atom. The van der Waals surface area contributed by atoms with Crippen molar-refractivity contribution >= 4 is 17.4 Å². The van der Waals surface area contributed by atoms with E-state index in [2.05, 4.69) is 0 Å². The second-order valence-electron chi connectivity index (χ2n) is 7.51. The zero-order valence-corrected chi connectivity index (χ0v) is 17.4. The molecule has 1 fully saturated rings. The van der Waals surface area contributed by atoms with Crippen LogP contribution in [0, 0.1) is 20.8 Å². The van der Waals surface area contributed by atoms with Gasteiger partial charge in [-0.2, -0.15) is 0 Å². The van der Waals surface area contributed by atoms with E-state index in [1.54, 1.807) is 12.0 Å². The number of aliphatic hydroxyl groups excluding tert-OH is 1. The number of carbonyl (C=O) groups excluding carboxylic acids is 2. The molecule has 5 nitrogen and oxygen atoms in total. The molecule has 0 bridgehead atoms. The van der Waals surface area contributed by atoms with Gasteiger partial charge in [-0.1, -0.05) is 42.0 Å². The second kappa shape index (κ2) is 8.62. The van der Waals surface area contributed by atoms with Crippen LogP contribution in [-0.4, -0.2) is 42.0 Å². The minimum absolute atomic E-state index is 0.118. The van der Waals surface area contributed by atoms with Crippen molar-refractivity contribution in [1.82, 2.24) is 4.90 Å². The molecule has 1 saturated heterocycles. The summed E-state index contributed by atoms with van der Waals surface area (Å²) in [5.74, 6) is -1.35. The van der Waals surface area contributed by atoms with Gasteiger partial charge < -0.3 is 14.7 Å². The molecule has 1 aliphatic rings. The highest BCUT2D eigenvalue weighted by molar-refractivity contribution is 6.46. The van der Waals surface area contributed by atoms with Crippen molar-refractivity contribution in [2.45, 2.75) is 33.2 Å². The highest BCUT2D eigenvalue weighted by atomic mass is 16.5. The van der Waals surface area contributed by atoms with Gasteiger partial charge in [-0.3, -0.25) is 9.59 Å². The van der Waals surface area contributed by atoms with Crippen molar-refractivity contribution in [3.63, 3.8) is 0 Å². The third-order valence-corrected chi connectivity index (χ3v) is 5.42. The van der Waals surface area contributed by atoms with Gasteiger partial charge in [-0.15, -0.1) is 0 Å². The van der Waals surface area contributed by atoms with Gasteiger partial charge in [0.15, 0.2) is 0 Å². The number of Topliss-reactive ketones (excluding diaryl/α,β-unsaturated/α-hetero) is 1. The monoisotopic (exact) mass is 393 g/mol. The van der Waals surface area contributed by atoms with Crippen LogP contribution in [0.1, 0.15) is 40.3 Å². The number of likely N-dealkylation sites (tertiary alicyclic amines) is 1. The van der Waals surface area contributed by atoms with Gasteiger partial charge in [0.2, 0.25) is 0 Å². The van der Waals surface area contributed by atoms with E-state index in [1.165, 1.54) is 0 Å². The number of nitrogens with zero attached hydrogens (tertiary/aromatic N) is 1. The van der Waals surface area contributed by atoms with Crippen LogP contribution >= 0.6 is 0 Å². The number of methoxy groups -OCH3 is 1. The Bertz CT molecular complexity index is 977. The van der Waals surface area contributed by atoms with Crippen LogP contribution in [0.15, 0.2) is 48.0 Å². The lowest BCUT2D eigenvalue weighted by Gasteiger charge is -2.26. The molecule has 1 unspecified atom stereocenters. The van der Waals surface area contributed by atoms with E-state index in [0.717, 1.165) is 22.3 Å². The molecule has 3 rings (SSSR count). The molecule has 1 N–H and O–H groups in total. The Labute approximate surface area is 171 Å². The molecular weight excluding hydrogens is 366 g/mol. The third-order valence-electron chi connectivity index (χ3n) is 5.42. The first-order valence-corrected chi connectivity index (χ1v) is 9.77. The van der Waals surface area contributed by atoms with Crippen LogP contribution in [0.4, 0.5) is 0 Å². The summed E-state index contributed by atoms with van der Waals surface area (Å²) in [5.41, 5.74) is 4.36. The number of aryl methyl sites for hydroxylation is 3. The van der Waals surface area contributed by atoms with Gasteiger partial charge in [0, 0.05) is 25.8 Å². The van der Waals surface area contributed by atoms with Gasteiger partial charge in [0.1, 0.15) is 5.76 Å². The van der Waals surface area contributed by atoms with Crippen LogP contribution in [0.5, 0.6) is 0 Å². The number of hydrogen-bond donors (Lipinski definition) is 1. The molecule has 1 atom stereocenters. The van der Waals surface area contributed by atoms with Crippen molar-refractivity contribution < 1.29 is 19.4 Å². The maximum atomic E-state index is 13.0. The number of hydrogen-bond acceptors (Lipinski definition) is 4. The first-order valence-electron chi connectivity index (χ1n) is 9.77. The van der Waals surface area contributed by atoms with Crippen LogP contribution in [0.2, 0.25) is 0 Å². The number of ether oxygens (including phenoxy) is 1. The van der Waals surface area contributed by atoms with Gasteiger partial charge in [0.25, 0.3) is 11.7 Å². The standard InChI is InChI=1S/C24H27NO4/c1-15-10-11-17(3)19(14-15)22(26)20-21(18-9-6-5-8-16(18)2)25(12-7-13-29-4)24(28)23(20)27/h5-6,8-11,14,21,26H,7,12-13H2,1-4H3/b22-20+. The number of ketones is 1. The Hall–Kier alpha value is -2.92. The molecule has 1 aliphatic heterocycles. The fraction of sp³-hybridized carbons (Fsp3) is 0.333. The zero-order valence-electron chi connectivity index (χ0n) is 17.4. The molecule has 5 heteroatoms. The maximum absolute atomic E-state index is 13.0. The largest absolute Gasteiger partial charge is 0.507 e. The summed E-state index contributed by atoms with van der Waals surface area (Å²) in [6.45, 7) is 6.62. The molecule has 0 saturated carbocycles. The molecule has 0 spiro atoms. The predicted molar refractivity (Wildman–Crippen MR) is 113 cm³/mol. The molecule has 0 aliphatic carbocycles. The molecule has 152 valence electrons. The third kappa shape index (κ3) is 3.96. The quantitative estimate of drug-likeness (QED) is 0.348. The lowest BCUT2D eigenvalue weighted by atomic mass is 9.91. The van der Waals surface area contributed by atoms with Crippen molar-refractivity contribution in [2.24, 2.45) is 0 Å². The summed E-state index contributed by atoms with van der Waals surface area (Å²) in [6, 6.07) is 12.7. The zero-order chi connectivity index (χ0) is 21.1. The molecular formula is C24H27NO4. The minimum Gasteiger partial charge on any atom is -0.507 e. The highest BCUT2D eigenvalue weighted by Gasteiger charge is 2.46. The summed E-state index contributed by atoms with van der Waals surface area (Å²) in [6.07, 6.45) is 0.607. The van der Waals surface area contributed by atoms with Crippen molar-refractivity contribution in [2.75, 3.05) is 20.3 Å². The van der Waals surface area contributed by atoms with Crippen LogP contribution in [-0.2, 0) is 14.3 Å². The van der Waals surface area contributed by atoms with E-state index in [9.17, 15) is 14.7 Å². The van der Waals surface area contributed by atoms with Crippen molar-refractivity contribution in [3.8, 4) is 0 Å². The molecule has 0 aromatic heterocycles. The molecule has 2 aromatic carbocycles. The van der Waals surface area contributed by atoms with E-state index >= 15 is 0 Å². The van der Waals surface area contributed by atoms with Crippen LogP contribution in [0.25, 0.3) is 5.76 Å². The van der Waals surface area contributed by atoms with Gasteiger partial charge in [-0.25, -0.2) is 0 Å². The second-order valence-corrected chi connectivity index (χ2v) is 7.51. The minimum atomic E-state index is -0.644. The van der Waals surface area contributed by atoms with Crippen LogP contribution in [0.3, 0.4) is 0 Å². The Morgan fingerprint density at radius 2 is 1.79 bits per heavy atom. The maximum Gasteiger partial charge on any atom is 0.295 e. The number of carbonyl (C=O) groups is 2. The van der Waals surface area contributed by atoms with Crippen LogP contribution < -0.4 is 0 Å². The first-order chi connectivity index (χ1) is 13.9. The van der Waals surface area contributed by atoms with E-state index in [0.29, 0.717) is 25.1 Å². The SMILES string of the molecule is COCCCN1C(=O)C(=O)/C(=C(/O)c2cc(C)ccc2C)C1c1ccccc1C. The van der Waals surface area contributed by atoms with Gasteiger partial charge in [-0.05, 0) is 49.9 Å². The fourth-order valence-corrected chi connectivity index (χ4v) is 3.84. The van der Waals surface area contributed by atoms with E-state index in [1.807, 2.05) is 63.2 Å².